The van der Waals surface area contributed by atoms with E-state index in [0.29, 0.717) is 5.39 Å². The minimum atomic E-state index is -0.0162. The molecule has 0 aliphatic rings. The molecular formula is C20H23N3O. The quantitative estimate of drug-likeness (QED) is 0.778. The van der Waals surface area contributed by atoms with E-state index >= 15 is 0 Å². The van der Waals surface area contributed by atoms with Crippen LogP contribution in [0, 0.1) is 6.92 Å². The standard InChI is InChI=1S/C20H23N3O/c1-4-17(21-5-2)19-22-18-12-7-6-11-16(18)20(24)23(19)15-10-8-9-14(3)13-15/h6-13,17,21H,4-5H2,1-3H3/t17-/m1/s1. The molecule has 0 bridgehead atoms. The summed E-state index contributed by atoms with van der Waals surface area (Å²) in [5.41, 5.74) is 2.72. The third-order valence-electron chi connectivity index (χ3n) is 4.23. The van der Waals surface area contributed by atoms with Crippen molar-refractivity contribution in [3.05, 3.63) is 70.3 Å². The van der Waals surface area contributed by atoms with Gasteiger partial charge in [0.25, 0.3) is 5.56 Å². The Kier molecular flexibility index (Phi) is 4.76. The number of hydrogen-bond acceptors (Lipinski definition) is 3. The smallest absolute Gasteiger partial charge is 0.266 e. The minimum Gasteiger partial charge on any atom is -0.308 e. The van der Waals surface area contributed by atoms with Crippen molar-refractivity contribution in [3.8, 4) is 5.69 Å². The SMILES string of the molecule is CCN[C@H](CC)c1nc2ccccc2c(=O)n1-c1cccc(C)c1. The van der Waals surface area contributed by atoms with Gasteiger partial charge in [-0.3, -0.25) is 9.36 Å². The maximum Gasteiger partial charge on any atom is 0.266 e. The summed E-state index contributed by atoms with van der Waals surface area (Å²) in [6.07, 6.45) is 0.866. The molecule has 0 saturated carbocycles. The van der Waals surface area contributed by atoms with Gasteiger partial charge in [0.1, 0.15) is 5.82 Å². The summed E-state index contributed by atoms with van der Waals surface area (Å²) in [4.78, 5) is 18.0. The first kappa shape index (κ1) is 16.4. The number of aryl methyl sites for hydroxylation is 1. The highest BCUT2D eigenvalue weighted by Gasteiger charge is 2.19. The number of benzene rings is 2. The molecule has 0 spiro atoms. The molecular weight excluding hydrogens is 298 g/mol. The first-order valence-corrected chi connectivity index (χ1v) is 8.47. The molecule has 0 unspecified atom stereocenters. The van der Waals surface area contributed by atoms with E-state index in [4.69, 9.17) is 4.98 Å². The van der Waals surface area contributed by atoms with Gasteiger partial charge in [-0.2, -0.15) is 0 Å². The predicted octanol–water partition coefficient (Wildman–Crippen LogP) is 3.75. The van der Waals surface area contributed by atoms with Gasteiger partial charge < -0.3 is 5.32 Å². The van der Waals surface area contributed by atoms with Gasteiger partial charge in [-0.05, 0) is 49.7 Å². The van der Waals surface area contributed by atoms with Crippen LogP contribution < -0.4 is 10.9 Å². The Hall–Kier alpha value is -2.46. The highest BCUT2D eigenvalue weighted by atomic mass is 16.1. The summed E-state index contributed by atoms with van der Waals surface area (Å²) in [6.45, 7) is 7.04. The Labute approximate surface area is 142 Å². The van der Waals surface area contributed by atoms with Crippen LogP contribution in [-0.4, -0.2) is 16.1 Å². The van der Waals surface area contributed by atoms with E-state index in [1.807, 2.05) is 55.5 Å². The Morgan fingerprint density at radius 3 is 2.62 bits per heavy atom. The van der Waals surface area contributed by atoms with Gasteiger partial charge >= 0.3 is 0 Å². The van der Waals surface area contributed by atoms with Crippen molar-refractivity contribution in [2.45, 2.75) is 33.2 Å². The Morgan fingerprint density at radius 1 is 1.12 bits per heavy atom. The zero-order chi connectivity index (χ0) is 17.1. The van der Waals surface area contributed by atoms with Crippen LogP contribution in [0.3, 0.4) is 0 Å². The topological polar surface area (TPSA) is 46.9 Å². The maximum atomic E-state index is 13.2. The third-order valence-corrected chi connectivity index (χ3v) is 4.23. The van der Waals surface area contributed by atoms with Crippen LogP contribution in [0.25, 0.3) is 16.6 Å². The fourth-order valence-electron chi connectivity index (χ4n) is 3.06. The first-order valence-electron chi connectivity index (χ1n) is 8.47. The fraction of sp³-hybridized carbons (Fsp3) is 0.300. The molecule has 1 N–H and O–H groups in total. The molecule has 24 heavy (non-hydrogen) atoms. The highest BCUT2D eigenvalue weighted by molar-refractivity contribution is 5.77. The number of rotatable bonds is 5. The second kappa shape index (κ2) is 6.97. The van der Waals surface area contributed by atoms with Gasteiger partial charge in [0.05, 0.1) is 22.6 Å². The first-order chi connectivity index (χ1) is 11.7. The number of nitrogens with zero attached hydrogens (tertiary/aromatic N) is 2. The van der Waals surface area contributed by atoms with Crippen LogP contribution >= 0.6 is 0 Å². The lowest BCUT2D eigenvalue weighted by molar-refractivity contribution is 0.498. The van der Waals surface area contributed by atoms with Gasteiger partial charge in [-0.1, -0.05) is 38.1 Å². The van der Waals surface area contributed by atoms with E-state index in [0.717, 1.165) is 35.6 Å². The van der Waals surface area contributed by atoms with Crippen molar-refractivity contribution >= 4 is 10.9 Å². The number of aromatic nitrogens is 2. The van der Waals surface area contributed by atoms with Crippen molar-refractivity contribution in [1.29, 1.82) is 0 Å². The second-order valence-corrected chi connectivity index (χ2v) is 5.99. The van der Waals surface area contributed by atoms with E-state index in [1.165, 1.54) is 0 Å². The van der Waals surface area contributed by atoms with Crippen LogP contribution in [0.15, 0.2) is 53.3 Å². The molecule has 0 saturated heterocycles. The fourth-order valence-corrected chi connectivity index (χ4v) is 3.06. The Bertz CT molecular complexity index is 914. The van der Waals surface area contributed by atoms with Gasteiger partial charge in [0, 0.05) is 0 Å². The average molecular weight is 321 g/mol. The van der Waals surface area contributed by atoms with E-state index in [2.05, 4.69) is 19.2 Å². The summed E-state index contributed by atoms with van der Waals surface area (Å²) < 4.78 is 1.76. The molecule has 0 fully saturated rings. The predicted molar refractivity (Wildman–Crippen MR) is 98.8 cm³/mol. The lowest BCUT2D eigenvalue weighted by Crippen LogP contribution is -2.31. The average Bonchev–Trinajstić information content (AvgIpc) is 2.59. The lowest BCUT2D eigenvalue weighted by atomic mass is 10.1. The molecule has 0 aliphatic heterocycles. The third kappa shape index (κ3) is 2.97. The van der Waals surface area contributed by atoms with Crippen LogP contribution in [0.2, 0.25) is 0 Å². The zero-order valence-electron chi connectivity index (χ0n) is 14.4. The summed E-state index contributed by atoms with van der Waals surface area (Å²) in [5.74, 6) is 0.772. The molecule has 4 nitrogen and oxygen atoms in total. The second-order valence-electron chi connectivity index (χ2n) is 5.99. The number of hydrogen-bond donors (Lipinski definition) is 1. The molecule has 0 aliphatic carbocycles. The van der Waals surface area contributed by atoms with E-state index in [-0.39, 0.29) is 11.6 Å². The van der Waals surface area contributed by atoms with Crippen molar-refractivity contribution in [1.82, 2.24) is 14.9 Å². The molecule has 3 aromatic rings. The monoisotopic (exact) mass is 321 g/mol. The van der Waals surface area contributed by atoms with Gasteiger partial charge in [0.15, 0.2) is 0 Å². The lowest BCUT2D eigenvalue weighted by Gasteiger charge is -2.21. The van der Waals surface area contributed by atoms with E-state index in [1.54, 1.807) is 4.57 Å². The minimum absolute atomic E-state index is 0.0162. The largest absolute Gasteiger partial charge is 0.308 e. The van der Waals surface area contributed by atoms with Crippen molar-refractivity contribution < 1.29 is 0 Å². The molecule has 0 radical (unpaired) electrons. The summed E-state index contributed by atoms with van der Waals surface area (Å²) >= 11 is 0. The number of nitrogens with one attached hydrogen (secondary N) is 1. The summed E-state index contributed by atoms with van der Waals surface area (Å²) in [5, 5.41) is 4.09. The van der Waals surface area contributed by atoms with Crippen LogP contribution in [0.1, 0.15) is 37.7 Å². The molecule has 124 valence electrons. The summed E-state index contributed by atoms with van der Waals surface area (Å²) in [6, 6.07) is 15.6. The van der Waals surface area contributed by atoms with Gasteiger partial charge in [0.2, 0.25) is 0 Å². The number of para-hydroxylation sites is 1. The number of fused-ring (bicyclic) bond motifs is 1. The van der Waals surface area contributed by atoms with Crippen LogP contribution in [0.4, 0.5) is 0 Å². The highest BCUT2D eigenvalue weighted by Crippen LogP contribution is 2.20. The van der Waals surface area contributed by atoms with Gasteiger partial charge in [-0.15, -0.1) is 0 Å². The van der Waals surface area contributed by atoms with Gasteiger partial charge in [-0.25, -0.2) is 4.98 Å². The molecule has 1 heterocycles. The van der Waals surface area contributed by atoms with Crippen molar-refractivity contribution in [2.24, 2.45) is 0 Å². The molecule has 3 rings (SSSR count). The van der Waals surface area contributed by atoms with Crippen molar-refractivity contribution in [2.75, 3.05) is 6.54 Å². The summed E-state index contributed by atoms with van der Waals surface area (Å²) in [7, 11) is 0. The zero-order valence-corrected chi connectivity index (χ0v) is 14.4. The Balaban J connectivity index is 2.35. The molecule has 2 aromatic carbocycles. The maximum absolute atomic E-state index is 13.2. The molecule has 1 aromatic heterocycles. The Morgan fingerprint density at radius 2 is 1.92 bits per heavy atom. The molecule has 4 heteroatoms. The van der Waals surface area contributed by atoms with E-state index in [9.17, 15) is 4.79 Å². The van der Waals surface area contributed by atoms with Crippen LogP contribution in [-0.2, 0) is 0 Å². The normalized spacial score (nSPS) is 12.5. The van der Waals surface area contributed by atoms with Crippen LogP contribution in [0.5, 0.6) is 0 Å². The molecule has 0 amide bonds. The van der Waals surface area contributed by atoms with E-state index < -0.39 is 0 Å². The molecule has 1 atom stereocenters. The van der Waals surface area contributed by atoms with Crippen molar-refractivity contribution in [3.63, 3.8) is 0 Å².